The Bertz CT molecular complexity index is 1240. The number of aromatic nitrogens is 1. The molecule has 10 heteroatoms. The number of thiazole rings is 1. The molecular weight excluding hydrogens is 466 g/mol. The molecular formula is C22H17N3O4S3. The molecule has 0 bridgehead atoms. The van der Waals surface area contributed by atoms with Crippen LogP contribution in [0.25, 0.3) is 10.2 Å². The van der Waals surface area contributed by atoms with E-state index in [1.54, 1.807) is 47.0 Å². The number of carbonyl (C=O) groups excluding carboxylic acids is 2. The van der Waals surface area contributed by atoms with Crippen molar-refractivity contribution < 1.29 is 19.1 Å². The maximum absolute atomic E-state index is 12.1. The van der Waals surface area contributed by atoms with Gasteiger partial charge in [0.15, 0.2) is 15.8 Å². The number of amides is 1. The fourth-order valence-corrected chi connectivity index (χ4v) is 5.10. The first-order chi connectivity index (χ1) is 15.6. The third-order valence-corrected chi connectivity index (χ3v) is 7.15. The standard InChI is InChI=1S/C22H17N3O4S3/c1-28-17-11-14(8-9-16(17)29-21(27)19-7-4-10-30-19)12-23-25-20(26)13-31-22-24-15-5-2-3-6-18(15)32-22/h2-12H,13H2,1H3,(H,25,26)/b23-12+. The number of esters is 1. The predicted octanol–water partition coefficient (Wildman–Crippen LogP) is 4.83. The largest absolute Gasteiger partial charge is 0.493 e. The Kier molecular flexibility index (Phi) is 7.15. The SMILES string of the molecule is COc1cc(/C=N/NC(=O)CSc2nc3ccccc3s2)ccc1OC(=O)c1cccs1. The monoisotopic (exact) mass is 483 g/mol. The van der Waals surface area contributed by atoms with Crippen LogP contribution in [0.4, 0.5) is 0 Å². The predicted molar refractivity (Wildman–Crippen MR) is 128 cm³/mol. The van der Waals surface area contributed by atoms with E-state index < -0.39 is 5.97 Å². The lowest BCUT2D eigenvalue weighted by molar-refractivity contribution is -0.118. The highest BCUT2D eigenvalue weighted by molar-refractivity contribution is 8.01. The lowest BCUT2D eigenvalue weighted by Gasteiger charge is -2.09. The van der Waals surface area contributed by atoms with Crippen molar-refractivity contribution >= 4 is 62.7 Å². The zero-order chi connectivity index (χ0) is 22.3. The van der Waals surface area contributed by atoms with Gasteiger partial charge in [-0.05, 0) is 47.3 Å². The van der Waals surface area contributed by atoms with E-state index in [9.17, 15) is 9.59 Å². The van der Waals surface area contributed by atoms with Gasteiger partial charge in [0.05, 0.1) is 29.3 Å². The van der Waals surface area contributed by atoms with Gasteiger partial charge in [0.1, 0.15) is 4.88 Å². The number of hydrogen-bond donors (Lipinski definition) is 1. The van der Waals surface area contributed by atoms with Crippen molar-refractivity contribution in [2.75, 3.05) is 12.9 Å². The molecule has 0 fully saturated rings. The number of nitrogens with zero attached hydrogens (tertiary/aromatic N) is 2. The topological polar surface area (TPSA) is 89.9 Å². The molecule has 2 aromatic heterocycles. The average molecular weight is 484 g/mol. The number of nitrogens with one attached hydrogen (secondary N) is 1. The number of fused-ring (bicyclic) bond motifs is 1. The third kappa shape index (κ3) is 5.52. The van der Waals surface area contributed by atoms with E-state index in [0.717, 1.165) is 14.6 Å². The summed E-state index contributed by atoms with van der Waals surface area (Å²) in [6.07, 6.45) is 1.49. The number of hydrogen-bond acceptors (Lipinski definition) is 9. The molecule has 4 aromatic rings. The van der Waals surface area contributed by atoms with Crippen LogP contribution in [-0.2, 0) is 4.79 Å². The number of rotatable bonds is 8. The van der Waals surface area contributed by atoms with E-state index in [1.165, 1.54) is 36.4 Å². The van der Waals surface area contributed by atoms with Crippen molar-refractivity contribution in [2.24, 2.45) is 5.10 Å². The first-order valence-electron chi connectivity index (χ1n) is 9.36. The van der Waals surface area contributed by atoms with Gasteiger partial charge < -0.3 is 9.47 Å². The van der Waals surface area contributed by atoms with Crippen LogP contribution in [0.15, 0.2) is 69.4 Å². The quantitative estimate of drug-likeness (QED) is 0.127. The minimum atomic E-state index is -0.447. The summed E-state index contributed by atoms with van der Waals surface area (Å²) in [6.45, 7) is 0. The molecule has 0 saturated carbocycles. The molecule has 0 unspecified atom stereocenters. The molecule has 0 aliphatic rings. The second-order valence-electron chi connectivity index (χ2n) is 6.31. The maximum Gasteiger partial charge on any atom is 0.353 e. The van der Waals surface area contributed by atoms with E-state index in [0.29, 0.717) is 21.9 Å². The van der Waals surface area contributed by atoms with E-state index in [4.69, 9.17) is 9.47 Å². The summed E-state index contributed by atoms with van der Waals surface area (Å²) < 4.78 is 12.6. The summed E-state index contributed by atoms with van der Waals surface area (Å²) >= 11 is 4.22. The molecule has 1 amide bonds. The molecule has 0 spiro atoms. The van der Waals surface area contributed by atoms with Gasteiger partial charge in [-0.25, -0.2) is 15.2 Å². The van der Waals surface area contributed by atoms with Gasteiger partial charge in [-0.15, -0.1) is 22.7 Å². The summed E-state index contributed by atoms with van der Waals surface area (Å²) in [5.41, 5.74) is 4.11. The van der Waals surface area contributed by atoms with E-state index in [1.807, 2.05) is 24.3 Å². The highest BCUT2D eigenvalue weighted by atomic mass is 32.2. The summed E-state index contributed by atoms with van der Waals surface area (Å²) in [5, 5.41) is 5.79. The second kappa shape index (κ2) is 10.4. The van der Waals surface area contributed by atoms with Crippen LogP contribution in [0, 0.1) is 0 Å². The summed E-state index contributed by atoms with van der Waals surface area (Å²) in [4.78, 5) is 29.2. The van der Waals surface area contributed by atoms with Crippen molar-refractivity contribution in [1.29, 1.82) is 0 Å². The van der Waals surface area contributed by atoms with Crippen LogP contribution < -0.4 is 14.9 Å². The number of thioether (sulfide) groups is 1. The molecule has 7 nitrogen and oxygen atoms in total. The molecule has 162 valence electrons. The Labute approximate surface area is 196 Å². The van der Waals surface area contributed by atoms with Crippen molar-refractivity contribution in [2.45, 2.75) is 4.34 Å². The summed E-state index contributed by atoms with van der Waals surface area (Å²) in [5.74, 6) is 0.213. The molecule has 2 aromatic carbocycles. The Balaban J connectivity index is 1.31. The molecule has 2 heterocycles. The number of hydrazone groups is 1. The van der Waals surface area contributed by atoms with Crippen LogP contribution in [0.3, 0.4) is 0 Å². The molecule has 0 radical (unpaired) electrons. The fourth-order valence-electron chi connectivity index (χ4n) is 2.64. The lowest BCUT2D eigenvalue weighted by Crippen LogP contribution is -2.19. The lowest BCUT2D eigenvalue weighted by atomic mass is 10.2. The van der Waals surface area contributed by atoms with E-state index >= 15 is 0 Å². The molecule has 0 aliphatic carbocycles. The van der Waals surface area contributed by atoms with Crippen molar-refractivity contribution in [3.05, 3.63) is 70.4 Å². The highest BCUT2D eigenvalue weighted by Crippen LogP contribution is 2.30. The van der Waals surface area contributed by atoms with E-state index in [2.05, 4.69) is 15.5 Å². The number of thiophene rings is 1. The fraction of sp³-hybridized carbons (Fsp3) is 0.0909. The summed E-state index contributed by atoms with van der Waals surface area (Å²) in [7, 11) is 1.49. The Morgan fingerprint density at radius 2 is 2.03 bits per heavy atom. The van der Waals surface area contributed by atoms with Crippen molar-refractivity contribution in [1.82, 2.24) is 10.4 Å². The van der Waals surface area contributed by atoms with Crippen LogP contribution in [0.1, 0.15) is 15.2 Å². The highest BCUT2D eigenvalue weighted by Gasteiger charge is 2.13. The number of methoxy groups -OCH3 is 1. The van der Waals surface area contributed by atoms with Crippen molar-refractivity contribution in [3.8, 4) is 11.5 Å². The number of ether oxygens (including phenoxy) is 2. The first-order valence-corrected chi connectivity index (χ1v) is 12.0. The first kappa shape index (κ1) is 22.0. The van der Waals surface area contributed by atoms with Gasteiger partial charge in [0.2, 0.25) is 0 Å². The molecule has 1 N–H and O–H groups in total. The number of carbonyl (C=O) groups is 2. The molecule has 0 atom stereocenters. The number of para-hydroxylation sites is 1. The molecule has 0 aliphatic heterocycles. The smallest absolute Gasteiger partial charge is 0.353 e. The minimum absolute atomic E-state index is 0.206. The Morgan fingerprint density at radius 1 is 1.16 bits per heavy atom. The normalized spacial score (nSPS) is 11.0. The zero-order valence-electron chi connectivity index (χ0n) is 16.8. The average Bonchev–Trinajstić information content (AvgIpc) is 3.48. The zero-order valence-corrected chi connectivity index (χ0v) is 19.3. The van der Waals surface area contributed by atoms with Crippen LogP contribution >= 0.6 is 34.4 Å². The number of benzene rings is 2. The van der Waals surface area contributed by atoms with Gasteiger partial charge in [-0.3, -0.25) is 4.79 Å². The maximum atomic E-state index is 12.1. The van der Waals surface area contributed by atoms with Crippen LogP contribution in [0.5, 0.6) is 11.5 Å². The van der Waals surface area contributed by atoms with Gasteiger partial charge in [-0.1, -0.05) is 30.0 Å². The third-order valence-electron chi connectivity index (χ3n) is 4.12. The van der Waals surface area contributed by atoms with Crippen LogP contribution in [-0.4, -0.2) is 35.9 Å². The molecule has 0 saturated heterocycles. The Hall–Kier alpha value is -3.21. The molecule has 4 rings (SSSR count). The minimum Gasteiger partial charge on any atom is -0.493 e. The van der Waals surface area contributed by atoms with Crippen LogP contribution in [0.2, 0.25) is 0 Å². The van der Waals surface area contributed by atoms with Crippen molar-refractivity contribution in [3.63, 3.8) is 0 Å². The van der Waals surface area contributed by atoms with Gasteiger partial charge in [-0.2, -0.15) is 5.10 Å². The van der Waals surface area contributed by atoms with Gasteiger partial charge in [0, 0.05) is 0 Å². The van der Waals surface area contributed by atoms with E-state index in [-0.39, 0.29) is 11.7 Å². The summed E-state index contributed by atoms with van der Waals surface area (Å²) in [6, 6.07) is 16.3. The van der Waals surface area contributed by atoms with Gasteiger partial charge in [0.25, 0.3) is 5.91 Å². The second-order valence-corrected chi connectivity index (χ2v) is 9.51. The molecule has 32 heavy (non-hydrogen) atoms. The van der Waals surface area contributed by atoms with Gasteiger partial charge >= 0.3 is 5.97 Å². The Morgan fingerprint density at radius 3 is 2.81 bits per heavy atom.